The first-order valence-corrected chi connectivity index (χ1v) is 18.8. The highest BCUT2D eigenvalue weighted by Crippen LogP contribution is 2.38. The molecule has 0 bridgehead atoms. The van der Waals surface area contributed by atoms with Crippen molar-refractivity contribution in [1.29, 1.82) is 0 Å². The lowest BCUT2D eigenvalue weighted by Crippen LogP contribution is -2.59. The molecule has 0 unspecified atom stereocenters. The van der Waals surface area contributed by atoms with Gasteiger partial charge in [0, 0.05) is 58.3 Å². The van der Waals surface area contributed by atoms with E-state index < -0.39 is 57.5 Å². The molecule has 3 heterocycles. The smallest absolute Gasteiger partial charge is 0.319 e. The zero-order valence-corrected chi connectivity index (χ0v) is 31.6. The number of rotatable bonds is 7. The third kappa shape index (κ3) is 9.52. The molecule has 3 saturated heterocycles. The summed E-state index contributed by atoms with van der Waals surface area (Å²) < 4.78 is 50.7. The number of methoxy groups -OCH3 is 1. The fraction of sp³-hybridized carbons (Fsp3) is 0.939. The molecule has 13 nitrogen and oxygen atoms in total. The first-order chi connectivity index (χ1) is 21.6. The first kappa shape index (κ1) is 40.2. The van der Waals surface area contributed by atoms with E-state index in [-0.39, 0.29) is 29.9 Å². The summed E-state index contributed by atoms with van der Waals surface area (Å²) in [6.45, 7) is 15.9. The molecule has 1 N–H and O–H groups in total. The van der Waals surface area contributed by atoms with Gasteiger partial charge in [0.2, 0.25) is 10.0 Å². The molecule has 0 amide bonds. The number of esters is 1. The van der Waals surface area contributed by atoms with Crippen LogP contribution in [0.4, 0.5) is 0 Å². The SMILES string of the molecule is CO[C@]1(C)C[C@@H](C)CN(C)[C@@H](CN2CCN(S(C)(=O)=O)CC2)[C@H](C)OC(=O)C(C)(C)C(=O)[C@H](C)[C@H]1O[C@@H]1O[C@H](C)C[C@H](N(C)C)[C@H]1O. The average molecular weight is 691 g/mol. The molecule has 0 spiro atoms. The van der Waals surface area contributed by atoms with Gasteiger partial charge in [-0.1, -0.05) is 13.8 Å². The predicted octanol–water partition coefficient (Wildman–Crippen LogP) is 1.28. The van der Waals surface area contributed by atoms with Crippen molar-refractivity contribution in [1.82, 2.24) is 19.0 Å². The van der Waals surface area contributed by atoms with Gasteiger partial charge in [-0.05, 0) is 74.5 Å². The number of ether oxygens (including phenoxy) is 4. The third-order valence-corrected chi connectivity index (χ3v) is 11.9. The fourth-order valence-electron chi connectivity index (χ4n) is 7.65. The molecule has 0 saturated carbocycles. The lowest BCUT2D eigenvalue weighted by molar-refractivity contribution is -0.295. The number of nitrogens with zero attached hydrogens (tertiary/aromatic N) is 4. The third-order valence-electron chi connectivity index (χ3n) is 10.6. The molecule has 14 heteroatoms. The molecular weight excluding hydrogens is 628 g/mol. The molecule has 0 aromatic heterocycles. The normalized spacial score (nSPS) is 39.6. The van der Waals surface area contributed by atoms with Crippen molar-refractivity contribution < 1.29 is 42.1 Å². The maximum atomic E-state index is 14.3. The van der Waals surface area contributed by atoms with Gasteiger partial charge in [0.05, 0.1) is 30.1 Å². The lowest BCUT2D eigenvalue weighted by atomic mass is 9.74. The van der Waals surface area contributed by atoms with Crippen molar-refractivity contribution >= 4 is 21.8 Å². The van der Waals surface area contributed by atoms with Gasteiger partial charge in [-0.25, -0.2) is 8.42 Å². The second-order valence-electron chi connectivity index (χ2n) is 15.3. The molecule has 3 rings (SSSR count). The van der Waals surface area contributed by atoms with Crippen LogP contribution in [0.1, 0.15) is 61.3 Å². The quantitative estimate of drug-likeness (QED) is 0.304. The summed E-state index contributed by atoms with van der Waals surface area (Å²) in [5, 5.41) is 11.3. The summed E-state index contributed by atoms with van der Waals surface area (Å²) in [5.74, 6) is -1.72. The topological polar surface area (TPSA) is 138 Å². The Morgan fingerprint density at radius 1 is 1.04 bits per heavy atom. The molecule has 0 aliphatic carbocycles. The largest absolute Gasteiger partial charge is 0.460 e. The summed E-state index contributed by atoms with van der Waals surface area (Å²) in [5.41, 5.74) is -2.48. The Morgan fingerprint density at radius 2 is 1.64 bits per heavy atom. The van der Waals surface area contributed by atoms with E-state index in [0.717, 1.165) is 0 Å². The minimum absolute atomic E-state index is 0.0604. The maximum Gasteiger partial charge on any atom is 0.319 e. The van der Waals surface area contributed by atoms with Crippen LogP contribution in [0.5, 0.6) is 0 Å². The number of ketones is 1. The van der Waals surface area contributed by atoms with Gasteiger partial charge in [0.1, 0.15) is 17.6 Å². The number of carbonyl (C=O) groups is 2. The van der Waals surface area contributed by atoms with E-state index in [2.05, 4.69) is 16.7 Å². The van der Waals surface area contributed by atoms with Crippen LogP contribution in [0.25, 0.3) is 0 Å². The zero-order valence-electron chi connectivity index (χ0n) is 30.8. The van der Waals surface area contributed by atoms with Gasteiger partial charge in [-0.3, -0.25) is 19.4 Å². The van der Waals surface area contributed by atoms with Crippen LogP contribution in [-0.4, -0.2) is 166 Å². The Balaban J connectivity index is 1.96. The Labute approximate surface area is 283 Å². The van der Waals surface area contributed by atoms with Gasteiger partial charge < -0.3 is 29.0 Å². The zero-order chi connectivity index (χ0) is 35.6. The molecule has 0 aromatic carbocycles. The molecule has 3 fully saturated rings. The molecule has 274 valence electrons. The van der Waals surface area contributed by atoms with E-state index >= 15 is 0 Å². The van der Waals surface area contributed by atoms with Crippen LogP contribution in [0.3, 0.4) is 0 Å². The number of aliphatic hydroxyl groups is 1. The summed E-state index contributed by atoms with van der Waals surface area (Å²) in [4.78, 5) is 34.5. The number of likely N-dealkylation sites (N-methyl/N-ethyl adjacent to an activating group) is 2. The number of carbonyl (C=O) groups excluding carboxylic acids is 2. The van der Waals surface area contributed by atoms with Crippen molar-refractivity contribution in [2.75, 3.05) is 73.8 Å². The van der Waals surface area contributed by atoms with Gasteiger partial charge in [0.25, 0.3) is 0 Å². The van der Waals surface area contributed by atoms with Crippen LogP contribution in [0, 0.1) is 17.3 Å². The highest BCUT2D eigenvalue weighted by atomic mass is 32.2. The van der Waals surface area contributed by atoms with Crippen molar-refractivity contribution in [2.45, 2.75) is 110 Å². The molecule has 47 heavy (non-hydrogen) atoms. The summed E-state index contributed by atoms with van der Waals surface area (Å²) in [6, 6.07) is -0.420. The minimum Gasteiger partial charge on any atom is -0.460 e. The minimum atomic E-state index is -3.26. The highest BCUT2D eigenvalue weighted by Gasteiger charge is 2.52. The highest BCUT2D eigenvalue weighted by molar-refractivity contribution is 7.88. The van der Waals surface area contributed by atoms with Crippen LogP contribution in [0.2, 0.25) is 0 Å². The Hall–Kier alpha value is -1.23. The van der Waals surface area contributed by atoms with Gasteiger partial charge >= 0.3 is 5.97 Å². The average Bonchev–Trinajstić information content (AvgIpc) is 2.98. The molecule has 3 aliphatic heterocycles. The fourth-order valence-corrected chi connectivity index (χ4v) is 8.47. The van der Waals surface area contributed by atoms with Crippen molar-refractivity contribution in [3.05, 3.63) is 0 Å². The number of hydrogen-bond donors (Lipinski definition) is 1. The van der Waals surface area contributed by atoms with Gasteiger partial charge in [-0.2, -0.15) is 4.31 Å². The molecular formula is C33H62N4O9S. The van der Waals surface area contributed by atoms with Crippen molar-refractivity contribution in [3.8, 4) is 0 Å². The second kappa shape index (κ2) is 15.8. The van der Waals surface area contributed by atoms with E-state index in [1.54, 1.807) is 27.9 Å². The predicted molar refractivity (Wildman–Crippen MR) is 179 cm³/mol. The van der Waals surface area contributed by atoms with Gasteiger partial charge in [-0.15, -0.1) is 0 Å². The van der Waals surface area contributed by atoms with Crippen molar-refractivity contribution in [3.63, 3.8) is 0 Å². The maximum absolute atomic E-state index is 14.3. The molecule has 0 aromatic rings. The van der Waals surface area contributed by atoms with Crippen molar-refractivity contribution in [2.24, 2.45) is 17.3 Å². The number of cyclic esters (lactones) is 1. The lowest BCUT2D eigenvalue weighted by Gasteiger charge is -2.47. The molecule has 0 radical (unpaired) electrons. The van der Waals surface area contributed by atoms with Crippen LogP contribution in [-0.2, 0) is 38.6 Å². The summed E-state index contributed by atoms with van der Waals surface area (Å²) in [7, 11) is 4.16. The number of hydrogen-bond acceptors (Lipinski definition) is 12. The van der Waals surface area contributed by atoms with E-state index in [0.29, 0.717) is 52.1 Å². The van der Waals surface area contributed by atoms with E-state index in [4.69, 9.17) is 18.9 Å². The van der Waals surface area contributed by atoms with E-state index in [1.807, 2.05) is 46.8 Å². The molecule has 3 aliphatic rings. The monoisotopic (exact) mass is 690 g/mol. The number of aliphatic hydroxyl groups excluding tert-OH is 1. The Morgan fingerprint density at radius 3 is 2.17 bits per heavy atom. The number of sulfonamides is 1. The standard InChI is InChI=1S/C33H62N4O9S/c1-21-18-33(7,43-11)29(46-30-27(38)25(34(8)9)17-22(2)44-30)23(3)28(39)32(5,6)31(40)45-24(4)26(35(10)19-21)20-36-13-15-37(16-14-36)47(12,41)42/h21-27,29-30,38H,13-20H2,1-12H3/t21-,22-,23+,24+,25+,26+,27-,29-,30+,33-/m1/s1. The van der Waals surface area contributed by atoms with Crippen LogP contribution in [0.15, 0.2) is 0 Å². The first-order valence-electron chi connectivity index (χ1n) is 17.0. The summed E-state index contributed by atoms with van der Waals surface area (Å²) in [6.07, 6.45) is -1.17. The Bertz CT molecular complexity index is 1180. The van der Waals surface area contributed by atoms with Gasteiger partial charge in [0.15, 0.2) is 12.1 Å². The molecule has 10 atom stereocenters. The van der Waals surface area contributed by atoms with Crippen LogP contribution >= 0.6 is 0 Å². The summed E-state index contributed by atoms with van der Waals surface area (Å²) >= 11 is 0. The number of Topliss-reactive ketones (excluding diaryl/α,β-unsaturated/α-hetero) is 1. The van der Waals surface area contributed by atoms with Crippen LogP contribution < -0.4 is 0 Å². The number of piperazine rings is 1. The second-order valence-corrected chi connectivity index (χ2v) is 17.3. The Kier molecular flexibility index (Phi) is 13.5. The van der Waals surface area contributed by atoms with E-state index in [9.17, 15) is 23.1 Å². The van der Waals surface area contributed by atoms with E-state index in [1.165, 1.54) is 10.6 Å².